The third-order valence-corrected chi connectivity index (χ3v) is 2.41. The van der Waals surface area contributed by atoms with Gasteiger partial charge in [-0.05, 0) is 17.7 Å². The van der Waals surface area contributed by atoms with Gasteiger partial charge in [-0.3, -0.25) is 0 Å². The molecule has 0 unspecified atom stereocenters. The van der Waals surface area contributed by atoms with Crippen molar-refractivity contribution in [3.63, 3.8) is 0 Å². The van der Waals surface area contributed by atoms with Gasteiger partial charge in [-0.25, -0.2) is 4.98 Å². The van der Waals surface area contributed by atoms with E-state index in [2.05, 4.69) is 15.3 Å². The van der Waals surface area contributed by atoms with Crippen LogP contribution >= 0.6 is 11.6 Å². The summed E-state index contributed by atoms with van der Waals surface area (Å²) in [6, 6.07) is 9.33. The molecule has 17 heavy (non-hydrogen) atoms. The number of nitrogens with zero attached hydrogens (tertiary/aromatic N) is 2. The van der Waals surface area contributed by atoms with Gasteiger partial charge in [0.25, 0.3) is 0 Å². The summed E-state index contributed by atoms with van der Waals surface area (Å²) in [5, 5.41) is 3.82. The summed E-state index contributed by atoms with van der Waals surface area (Å²) >= 11 is 5.90. The number of anilines is 1. The molecule has 0 atom stereocenters. The topological polar surface area (TPSA) is 47.0 Å². The minimum Gasteiger partial charge on any atom is -0.481 e. The highest BCUT2D eigenvalue weighted by Crippen LogP contribution is 2.12. The first-order chi connectivity index (χ1) is 8.28. The molecule has 0 aliphatic heterocycles. The Labute approximate surface area is 105 Å². The molecule has 0 radical (unpaired) electrons. The summed E-state index contributed by atoms with van der Waals surface area (Å²) in [7, 11) is 1.57. The molecule has 0 saturated heterocycles. The lowest BCUT2D eigenvalue weighted by Gasteiger charge is -2.06. The highest BCUT2D eigenvalue weighted by Gasteiger charge is 1.99. The van der Waals surface area contributed by atoms with Gasteiger partial charge in [0.15, 0.2) is 0 Å². The Morgan fingerprint density at radius 2 is 2.24 bits per heavy atom. The van der Waals surface area contributed by atoms with Crippen molar-refractivity contribution in [2.24, 2.45) is 0 Å². The highest BCUT2D eigenvalue weighted by atomic mass is 35.5. The van der Waals surface area contributed by atoms with Crippen molar-refractivity contribution in [1.29, 1.82) is 0 Å². The molecule has 88 valence electrons. The first kappa shape index (κ1) is 11.7. The monoisotopic (exact) mass is 249 g/mol. The number of nitrogens with one attached hydrogen (secondary N) is 1. The van der Waals surface area contributed by atoms with Gasteiger partial charge in [0.05, 0.1) is 7.11 Å². The van der Waals surface area contributed by atoms with Crippen LogP contribution in [0.25, 0.3) is 0 Å². The van der Waals surface area contributed by atoms with Crippen molar-refractivity contribution in [2.75, 3.05) is 12.4 Å². The fourth-order valence-corrected chi connectivity index (χ4v) is 1.58. The van der Waals surface area contributed by atoms with Gasteiger partial charge < -0.3 is 10.1 Å². The second kappa shape index (κ2) is 5.50. The first-order valence-corrected chi connectivity index (χ1v) is 5.51. The van der Waals surface area contributed by atoms with Crippen LogP contribution in [-0.2, 0) is 6.54 Å². The molecule has 1 N–H and O–H groups in total. The predicted molar refractivity (Wildman–Crippen MR) is 67.4 cm³/mol. The van der Waals surface area contributed by atoms with Crippen LogP contribution in [0.1, 0.15) is 5.56 Å². The molecular formula is C12H12ClN3O. The van der Waals surface area contributed by atoms with Gasteiger partial charge in [-0.1, -0.05) is 23.7 Å². The van der Waals surface area contributed by atoms with Crippen molar-refractivity contribution in [3.8, 4) is 5.88 Å². The quantitative estimate of drug-likeness (QED) is 0.905. The van der Waals surface area contributed by atoms with E-state index < -0.39 is 0 Å². The van der Waals surface area contributed by atoms with Gasteiger partial charge in [0.2, 0.25) is 11.8 Å². The third kappa shape index (κ3) is 3.32. The van der Waals surface area contributed by atoms with Gasteiger partial charge in [-0.15, -0.1) is 0 Å². The average Bonchev–Trinajstić information content (AvgIpc) is 2.37. The largest absolute Gasteiger partial charge is 0.481 e. The smallest absolute Gasteiger partial charge is 0.226 e. The van der Waals surface area contributed by atoms with Crippen LogP contribution in [-0.4, -0.2) is 17.1 Å². The van der Waals surface area contributed by atoms with E-state index in [9.17, 15) is 0 Å². The molecule has 4 nitrogen and oxygen atoms in total. The van der Waals surface area contributed by atoms with E-state index in [0.29, 0.717) is 18.4 Å². The summed E-state index contributed by atoms with van der Waals surface area (Å²) in [6.45, 7) is 0.619. The van der Waals surface area contributed by atoms with Crippen molar-refractivity contribution in [3.05, 3.63) is 47.1 Å². The molecule has 1 aromatic heterocycles. The number of aromatic nitrogens is 2. The number of benzene rings is 1. The lowest BCUT2D eigenvalue weighted by Crippen LogP contribution is -2.03. The van der Waals surface area contributed by atoms with E-state index in [1.165, 1.54) is 0 Å². The minimum atomic E-state index is 0.532. The molecule has 0 bridgehead atoms. The van der Waals surface area contributed by atoms with Gasteiger partial charge >= 0.3 is 0 Å². The molecular weight excluding hydrogens is 238 g/mol. The van der Waals surface area contributed by atoms with Crippen molar-refractivity contribution < 1.29 is 4.74 Å². The molecule has 5 heteroatoms. The maximum absolute atomic E-state index is 5.90. The molecule has 0 amide bonds. The Morgan fingerprint density at radius 3 is 3.00 bits per heavy atom. The molecule has 0 fully saturated rings. The van der Waals surface area contributed by atoms with E-state index in [4.69, 9.17) is 16.3 Å². The number of hydrogen-bond donors (Lipinski definition) is 1. The van der Waals surface area contributed by atoms with E-state index in [-0.39, 0.29) is 0 Å². The number of ether oxygens (including phenoxy) is 1. The molecule has 0 saturated carbocycles. The van der Waals surface area contributed by atoms with E-state index in [0.717, 1.165) is 10.6 Å². The standard InChI is InChI=1S/C12H12ClN3O/c1-17-11-5-6-14-12(16-11)15-8-9-3-2-4-10(13)7-9/h2-7H,8H2,1H3,(H,14,15,16). The summed E-state index contributed by atoms with van der Waals surface area (Å²) in [5.74, 6) is 1.07. The zero-order valence-corrected chi connectivity index (χ0v) is 10.1. The summed E-state index contributed by atoms with van der Waals surface area (Å²) in [5.41, 5.74) is 1.07. The van der Waals surface area contributed by atoms with Crippen molar-refractivity contribution in [1.82, 2.24) is 9.97 Å². The van der Waals surface area contributed by atoms with E-state index in [1.54, 1.807) is 19.4 Å². The fraction of sp³-hybridized carbons (Fsp3) is 0.167. The lowest BCUT2D eigenvalue weighted by molar-refractivity contribution is 0.397. The van der Waals surface area contributed by atoms with Crippen LogP contribution in [0.15, 0.2) is 36.5 Å². The summed E-state index contributed by atoms with van der Waals surface area (Å²) < 4.78 is 5.01. The Bertz CT molecular complexity index is 505. The van der Waals surface area contributed by atoms with Gasteiger partial charge in [-0.2, -0.15) is 4.98 Å². The van der Waals surface area contributed by atoms with Crippen LogP contribution in [0, 0.1) is 0 Å². The Kier molecular flexibility index (Phi) is 3.77. The third-order valence-electron chi connectivity index (χ3n) is 2.18. The maximum Gasteiger partial charge on any atom is 0.226 e. The van der Waals surface area contributed by atoms with Crippen LogP contribution in [0.3, 0.4) is 0 Å². The SMILES string of the molecule is COc1ccnc(NCc2cccc(Cl)c2)n1. The van der Waals surface area contributed by atoms with Crippen molar-refractivity contribution in [2.45, 2.75) is 6.54 Å². The predicted octanol–water partition coefficient (Wildman–Crippen LogP) is 2.75. The molecule has 1 heterocycles. The Balaban J connectivity index is 2.02. The van der Waals surface area contributed by atoms with Crippen molar-refractivity contribution >= 4 is 17.5 Å². The van der Waals surface area contributed by atoms with Gasteiger partial charge in [0.1, 0.15) is 0 Å². The highest BCUT2D eigenvalue weighted by molar-refractivity contribution is 6.30. The number of rotatable bonds is 4. The Hall–Kier alpha value is -1.81. The molecule has 1 aromatic carbocycles. The first-order valence-electron chi connectivity index (χ1n) is 5.13. The number of methoxy groups -OCH3 is 1. The van der Waals surface area contributed by atoms with Gasteiger partial charge in [0, 0.05) is 23.8 Å². The normalized spacial score (nSPS) is 10.0. The fourth-order valence-electron chi connectivity index (χ4n) is 1.37. The average molecular weight is 250 g/mol. The molecule has 2 rings (SSSR count). The van der Waals surface area contributed by atoms with E-state index in [1.807, 2.05) is 24.3 Å². The van der Waals surface area contributed by atoms with Crippen LogP contribution in [0.5, 0.6) is 5.88 Å². The van der Waals surface area contributed by atoms with E-state index >= 15 is 0 Å². The minimum absolute atomic E-state index is 0.532. The van der Waals surface area contributed by atoms with Crippen LogP contribution < -0.4 is 10.1 Å². The zero-order chi connectivity index (χ0) is 12.1. The lowest BCUT2D eigenvalue weighted by atomic mass is 10.2. The molecule has 0 aliphatic rings. The zero-order valence-electron chi connectivity index (χ0n) is 9.35. The molecule has 0 aliphatic carbocycles. The number of halogens is 1. The van der Waals surface area contributed by atoms with Crippen LogP contribution in [0.2, 0.25) is 5.02 Å². The second-order valence-corrected chi connectivity index (χ2v) is 3.84. The maximum atomic E-state index is 5.90. The molecule has 0 spiro atoms. The second-order valence-electron chi connectivity index (χ2n) is 3.41. The van der Waals surface area contributed by atoms with Crippen LogP contribution in [0.4, 0.5) is 5.95 Å². The Morgan fingerprint density at radius 1 is 1.35 bits per heavy atom. The number of hydrogen-bond acceptors (Lipinski definition) is 4. The summed E-state index contributed by atoms with van der Waals surface area (Å²) in [6.07, 6.45) is 1.64. The summed E-state index contributed by atoms with van der Waals surface area (Å²) in [4.78, 5) is 8.24. The molecule has 2 aromatic rings.